The molecule has 2 aliphatic carbocycles. The minimum Gasteiger partial charge on any atom is -0.0651 e. The molecule has 0 heteroatoms. The van der Waals surface area contributed by atoms with Gasteiger partial charge in [0.2, 0.25) is 0 Å². The first-order valence-corrected chi connectivity index (χ1v) is 10.9. The van der Waals surface area contributed by atoms with Crippen molar-refractivity contribution in [3.63, 3.8) is 0 Å². The van der Waals surface area contributed by atoms with Gasteiger partial charge in [-0.3, -0.25) is 0 Å². The summed E-state index contributed by atoms with van der Waals surface area (Å²) in [5.41, 5.74) is 9.76. The van der Waals surface area contributed by atoms with Crippen molar-refractivity contribution in [1.29, 1.82) is 0 Å². The van der Waals surface area contributed by atoms with E-state index >= 15 is 0 Å². The van der Waals surface area contributed by atoms with Gasteiger partial charge in [-0.15, -0.1) is 0 Å². The first kappa shape index (κ1) is 18.3. The Morgan fingerprint density at radius 1 is 0.630 bits per heavy atom. The van der Waals surface area contributed by atoms with Crippen molar-refractivity contribution in [3.05, 3.63) is 94.1 Å². The molecule has 4 rings (SSSR count). The van der Waals surface area contributed by atoms with E-state index in [0.717, 1.165) is 0 Å². The van der Waals surface area contributed by atoms with Gasteiger partial charge in [0.1, 0.15) is 0 Å². The van der Waals surface area contributed by atoms with Gasteiger partial charge >= 0.3 is 0 Å². The summed E-state index contributed by atoms with van der Waals surface area (Å²) in [5, 5.41) is 0. The molecule has 0 radical (unpaired) electrons. The standard InChI is InChI=1S/C27H32/c1-3-13-25-23-19-11-12-20-24(23)26(14-4-2)27(25,21-15-7-5-8-16-21)22-17-9-6-10-18-22/h5-10,15-18H,3-4,11-14,19-20H2,1-2H3. The lowest BCUT2D eigenvalue weighted by molar-refractivity contribution is 0.631. The van der Waals surface area contributed by atoms with E-state index in [1.807, 2.05) is 0 Å². The van der Waals surface area contributed by atoms with Crippen LogP contribution < -0.4 is 0 Å². The van der Waals surface area contributed by atoms with Gasteiger partial charge in [0.25, 0.3) is 0 Å². The minimum absolute atomic E-state index is 0.0381. The fraction of sp³-hybridized carbons (Fsp3) is 0.407. The van der Waals surface area contributed by atoms with E-state index in [0.29, 0.717) is 0 Å². The molecule has 0 heterocycles. The maximum Gasteiger partial charge on any atom is 0.0632 e. The number of hydrogen-bond acceptors (Lipinski definition) is 0. The Hall–Kier alpha value is -2.08. The van der Waals surface area contributed by atoms with Crippen LogP contribution in [0.15, 0.2) is 83.0 Å². The van der Waals surface area contributed by atoms with Crippen molar-refractivity contribution in [1.82, 2.24) is 0 Å². The fourth-order valence-corrected chi connectivity index (χ4v) is 5.62. The molecule has 0 spiro atoms. The summed E-state index contributed by atoms with van der Waals surface area (Å²) in [6.07, 6.45) is 10.1. The van der Waals surface area contributed by atoms with Gasteiger partial charge in [-0.2, -0.15) is 0 Å². The van der Waals surface area contributed by atoms with Crippen molar-refractivity contribution >= 4 is 0 Å². The normalized spacial score (nSPS) is 18.7. The van der Waals surface area contributed by atoms with Crippen LogP contribution in [-0.4, -0.2) is 0 Å². The van der Waals surface area contributed by atoms with Gasteiger partial charge in [0.05, 0.1) is 5.41 Å². The Balaban J connectivity index is 2.07. The molecule has 0 amide bonds. The summed E-state index contributed by atoms with van der Waals surface area (Å²) in [6, 6.07) is 22.7. The lowest BCUT2D eigenvalue weighted by atomic mass is 9.64. The second-order valence-corrected chi connectivity index (χ2v) is 8.10. The van der Waals surface area contributed by atoms with E-state index in [9.17, 15) is 0 Å². The Morgan fingerprint density at radius 3 is 1.41 bits per heavy atom. The summed E-state index contributed by atoms with van der Waals surface area (Å²) in [6.45, 7) is 4.68. The van der Waals surface area contributed by atoms with Crippen LogP contribution in [0.25, 0.3) is 0 Å². The molecule has 0 aromatic heterocycles. The summed E-state index contributed by atoms with van der Waals surface area (Å²) in [5.74, 6) is 0. The van der Waals surface area contributed by atoms with Gasteiger partial charge in [-0.25, -0.2) is 0 Å². The highest BCUT2D eigenvalue weighted by Crippen LogP contribution is 2.58. The van der Waals surface area contributed by atoms with Gasteiger partial charge in [0, 0.05) is 0 Å². The van der Waals surface area contributed by atoms with Crippen LogP contribution in [0.2, 0.25) is 0 Å². The molecule has 0 N–H and O–H groups in total. The van der Waals surface area contributed by atoms with Crippen LogP contribution in [0.1, 0.15) is 76.3 Å². The quantitative estimate of drug-likeness (QED) is 0.496. The second kappa shape index (κ2) is 7.89. The van der Waals surface area contributed by atoms with Gasteiger partial charge in [-0.1, -0.05) is 87.4 Å². The first-order valence-electron chi connectivity index (χ1n) is 10.9. The molecule has 27 heavy (non-hydrogen) atoms. The highest BCUT2D eigenvalue weighted by atomic mass is 14.5. The average molecular weight is 357 g/mol. The molecule has 2 aromatic carbocycles. The Bertz CT molecular complexity index is 763. The lowest BCUT2D eigenvalue weighted by Gasteiger charge is -2.38. The molecule has 0 aliphatic heterocycles. The van der Waals surface area contributed by atoms with Gasteiger partial charge < -0.3 is 0 Å². The number of hydrogen-bond donors (Lipinski definition) is 0. The zero-order chi connectivity index (χ0) is 18.7. The molecule has 2 aromatic rings. The molecule has 1 fully saturated rings. The molecule has 0 unspecified atom stereocenters. The summed E-state index contributed by atoms with van der Waals surface area (Å²) in [7, 11) is 0. The van der Waals surface area contributed by atoms with Crippen LogP contribution in [0, 0.1) is 0 Å². The third-order valence-corrected chi connectivity index (χ3v) is 6.52. The van der Waals surface area contributed by atoms with Crippen molar-refractivity contribution in [2.45, 2.75) is 70.6 Å². The van der Waals surface area contributed by atoms with Crippen LogP contribution >= 0.6 is 0 Å². The molecule has 0 atom stereocenters. The van der Waals surface area contributed by atoms with Crippen molar-refractivity contribution < 1.29 is 0 Å². The molecular formula is C27H32. The number of allylic oxidation sites excluding steroid dienone is 4. The third kappa shape index (κ3) is 2.90. The summed E-state index contributed by atoms with van der Waals surface area (Å²) >= 11 is 0. The SMILES string of the molecule is CCCC1=C2CCCCC2=C(CCC)C1(c1ccccc1)c1ccccc1. The van der Waals surface area contributed by atoms with Crippen molar-refractivity contribution in [2.75, 3.05) is 0 Å². The molecule has 0 saturated heterocycles. The lowest BCUT2D eigenvalue weighted by Crippen LogP contribution is -2.31. The highest BCUT2D eigenvalue weighted by molar-refractivity contribution is 5.68. The maximum absolute atomic E-state index is 2.37. The Kier molecular flexibility index (Phi) is 5.34. The van der Waals surface area contributed by atoms with E-state index in [1.165, 1.54) is 62.5 Å². The predicted octanol–water partition coefficient (Wildman–Crippen LogP) is 7.75. The van der Waals surface area contributed by atoms with E-state index in [-0.39, 0.29) is 5.41 Å². The minimum atomic E-state index is -0.0381. The third-order valence-electron chi connectivity index (χ3n) is 6.52. The van der Waals surface area contributed by atoms with Crippen LogP contribution in [0.3, 0.4) is 0 Å². The van der Waals surface area contributed by atoms with Crippen LogP contribution in [0.4, 0.5) is 0 Å². The van der Waals surface area contributed by atoms with E-state index < -0.39 is 0 Å². The summed E-state index contributed by atoms with van der Waals surface area (Å²) in [4.78, 5) is 0. The maximum atomic E-state index is 2.37. The summed E-state index contributed by atoms with van der Waals surface area (Å²) < 4.78 is 0. The van der Waals surface area contributed by atoms with E-state index in [4.69, 9.17) is 0 Å². The average Bonchev–Trinajstić information content (AvgIpc) is 3.01. The number of benzene rings is 2. The predicted molar refractivity (Wildman–Crippen MR) is 116 cm³/mol. The van der Waals surface area contributed by atoms with Gasteiger partial charge in [0.15, 0.2) is 0 Å². The van der Waals surface area contributed by atoms with Crippen molar-refractivity contribution in [2.24, 2.45) is 0 Å². The molecule has 0 bridgehead atoms. The monoisotopic (exact) mass is 356 g/mol. The van der Waals surface area contributed by atoms with E-state index in [1.54, 1.807) is 22.3 Å². The topological polar surface area (TPSA) is 0 Å². The van der Waals surface area contributed by atoms with E-state index in [2.05, 4.69) is 74.5 Å². The van der Waals surface area contributed by atoms with Crippen LogP contribution in [-0.2, 0) is 5.41 Å². The van der Waals surface area contributed by atoms with Crippen molar-refractivity contribution in [3.8, 4) is 0 Å². The Labute approximate surface area is 165 Å². The highest BCUT2D eigenvalue weighted by Gasteiger charge is 2.48. The smallest absolute Gasteiger partial charge is 0.0632 e. The van der Waals surface area contributed by atoms with Crippen LogP contribution in [0.5, 0.6) is 0 Å². The second-order valence-electron chi connectivity index (χ2n) is 8.10. The molecular weight excluding hydrogens is 324 g/mol. The largest absolute Gasteiger partial charge is 0.0651 e. The zero-order valence-corrected chi connectivity index (χ0v) is 16.9. The zero-order valence-electron chi connectivity index (χ0n) is 16.9. The van der Waals surface area contributed by atoms with Gasteiger partial charge in [-0.05, 0) is 71.9 Å². The first-order chi connectivity index (χ1) is 13.3. The fourth-order valence-electron chi connectivity index (χ4n) is 5.62. The Morgan fingerprint density at radius 2 is 1.04 bits per heavy atom. The molecule has 2 aliphatic rings. The molecule has 140 valence electrons. The molecule has 0 nitrogen and oxygen atoms in total. The number of rotatable bonds is 6. The number of fused-ring (bicyclic) bond motifs is 1. The molecule has 1 saturated carbocycles.